The second-order valence-corrected chi connectivity index (χ2v) is 5.14. The minimum Gasteiger partial charge on any atom is -0.368 e. The number of aromatic amines is 2. The lowest BCUT2D eigenvalue weighted by Gasteiger charge is -2.22. The summed E-state index contributed by atoms with van der Waals surface area (Å²) < 4.78 is 0. The molecule has 24 heavy (non-hydrogen) atoms. The first-order valence-electron chi connectivity index (χ1n) is 7.94. The van der Waals surface area contributed by atoms with Crippen LogP contribution in [0.15, 0.2) is 0 Å². The molecule has 0 aliphatic rings. The molecule has 0 spiro atoms. The van der Waals surface area contributed by atoms with Gasteiger partial charge in [-0.15, -0.1) is 10.2 Å². The zero-order chi connectivity index (χ0) is 17.2. The quantitative estimate of drug-likeness (QED) is 0.226. The van der Waals surface area contributed by atoms with Gasteiger partial charge in [0.25, 0.3) is 0 Å². The Kier molecular flexibility index (Phi) is 7.04. The summed E-state index contributed by atoms with van der Waals surface area (Å²) in [6.45, 7) is 8.04. The van der Waals surface area contributed by atoms with Crippen LogP contribution in [-0.2, 0) is 0 Å². The van der Waals surface area contributed by atoms with Crippen molar-refractivity contribution in [1.82, 2.24) is 40.6 Å². The van der Waals surface area contributed by atoms with Crippen LogP contribution in [0.5, 0.6) is 0 Å². The molecule has 2 aromatic rings. The average molecular weight is 338 g/mol. The summed E-state index contributed by atoms with van der Waals surface area (Å²) in [6, 6.07) is 0. The number of nitrogens with two attached hydrogens (primary N) is 2. The molecule has 0 radical (unpaired) electrons. The molecule has 2 rings (SSSR count). The monoisotopic (exact) mass is 338 g/mol. The summed E-state index contributed by atoms with van der Waals surface area (Å²) in [5.74, 6) is 1.62. The SMILES string of the molecule is CCNCCN(CCNc1n[nH]c(N)n1)CCNc1n[nH]c(N)n1. The zero-order valence-electron chi connectivity index (χ0n) is 13.8. The predicted octanol–water partition coefficient (Wildman–Crippen LogP) is -1.48. The van der Waals surface area contributed by atoms with Crippen molar-refractivity contribution in [3.63, 3.8) is 0 Å². The fourth-order valence-corrected chi connectivity index (χ4v) is 2.11. The van der Waals surface area contributed by atoms with E-state index in [1.54, 1.807) is 0 Å². The first kappa shape index (κ1) is 17.7. The summed E-state index contributed by atoms with van der Waals surface area (Å²) in [7, 11) is 0. The number of hydrogen-bond donors (Lipinski definition) is 7. The fourth-order valence-electron chi connectivity index (χ4n) is 2.11. The van der Waals surface area contributed by atoms with E-state index in [0.29, 0.717) is 23.8 Å². The molecule has 0 aliphatic carbocycles. The van der Waals surface area contributed by atoms with E-state index in [-0.39, 0.29) is 0 Å². The van der Waals surface area contributed by atoms with Gasteiger partial charge in [-0.05, 0) is 6.54 Å². The van der Waals surface area contributed by atoms with Crippen molar-refractivity contribution in [2.24, 2.45) is 0 Å². The molecule has 0 bridgehead atoms. The third-order valence-corrected chi connectivity index (χ3v) is 3.28. The molecule has 0 amide bonds. The summed E-state index contributed by atoms with van der Waals surface area (Å²) in [5, 5.41) is 22.7. The average Bonchev–Trinajstić information content (AvgIpc) is 3.15. The molecule has 0 fully saturated rings. The van der Waals surface area contributed by atoms with Crippen LogP contribution in [0.4, 0.5) is 23.8 Å². The Bertz CT molecular complexity index is 532. The molecular formula is C12H26N12. The van der Waals surface area contributed by atoms with Crippen molar-refractivity contribution in [3.8, 4) is 0 Å². The normalized spacial score (nSPS) is 11.1. The topological polar surface area (TPSA) is 175 Å². The number of hydrogen-bond acceptors (Lipinski definition) is 10. The lowest BCUT2D eigenvalue weighted by atomic mass is 10.4. The van der Waals surface area contributed by atoms with Crippen molar-refractivity contribution in [3.05, 3.63) is 0 Å². The lowest BCUT2D eigenvalue weighted by Crippen LogP contribution is -2.38. The van der Waals surface area contributed by atoms with Gasteiger partial charge in [0, 0.05) is 39.3 Å². The molecule has 134 valence electrons. The van der Waals surface area contributed by atoms with Gasteiger partial charge in [0.1, 0.15) is 0 Å². The molecule has 0 atom stereocenters. The van der Waals surface area contributed by atoms with Crippen molar-refractivity contribution >= 4 is 23.8 Å². The van der Waals surface area contributed by atoms with Gasteiger partial charge in [-0.25, -0.2) is 10.2 Å². The highest BCUT2D eigenvalue weighted by Crippen LogP contribution is 2.00. The lowest BCUT2D eigenvalue weighted by molar-refractivity contribution is 0.294. The number of aromatic nitrogens is 6. The smallest absolute Gasteiger partial charge is 0.243 e. The van der Waals surface area contributed by atoms with Crippen LogP contribution in [0, 0.1) is 0 Å². The van der Waals surface area contributed by atoms with Crippen LogP contribution >= 0.6 is 0 Å². The maximum absolute atomic E-state index is 5.49. The van der Waals surface area contributed by atoms with E-state index in [2.05, 4.69) is 58.1 Å². The minimum atomic E-state index is 0.302. The van der Waals surface area contributed by atoms with Crippen LogP contribution in [-0.4, -0.2) is 81.1 Å². The first-order chi connectivity index (χ1) is 11.7. The van der Waals surface area contributed by atoms with Gasteiger partial charge in [0.05, 0.1) is 0 Å². The fraction of sp³-hybridized carbons (Fsp3) is 0.667. The van der Waals surface area contributed by atoms with Crippen LogP contribution in [0.3, 0.4) is 0 Å². The van der Waals surface area contributed by atoms with E-state index in [0.717, 1.165) is 45.8 Å². The highest BCUT2D eigenvalue weighted by Gasteiger charge is 2.06. The Morgan fingerprint density at radius 1 is 0.875 bits per heavy atom. The Morgan fingerprint density at radius 2 is 1.38 bits per heavy atom. The molecular weight excluding hydrogens is 312 g/mol. The van der Waals surface area contributed by atoms with Crippen LogP contribution in [0.25, 0.3) is 0 Å². The summed E-state index contributed by atoms with van der Waals surface area (Å²) in [4.78, 5) is 10.3. The minimum absolute atomic E-state index is 0.302. The number of likely N-dealkylation sites (N-methyl/N-ethyl adjacent to an activating group) is 1. The molecule has 0 unspecified atom stereocenters. The molecule has 0 saturated carbocycles. The number of nitrogens with zero attached hydrogens (tertiary/aromatic N) is 5. The van der Waals surface area contributed by atoms with Gasteiger partial charge in [-0.1, -0.05) is 6.92 Å². The maximum Gasteiger partial charge on any atom is 0.243 e. The molecule has 12 nitrogen and oxygen atoms in total. The third-order valence-electron chi connectivity index (χ3n) is 3.28. The van der Waals surface area contributed by atoms with Gasteiger partial charge in [-0.2, -0.15) is 9.97 Å². The second-order valence-electron chi connectivity index (χ2n) is 5.14. The third kappa shape index (κ3) is 6.26. The van der Waals surface area contributed by atoms with E-state index >= 15 is 0 Å². The zero-order valence-corrected chi connectivity index (χ0v) is 13.8. The maximum atomic E-state index is 5.49. The largest absolute Gasteiger partial charge is 0.368 e. The standard InChI is InChI=1S/C12H26N12/c1-2-15-3-6-24(7-4-16-11-18-9(13)20-22-11)8-5-17-12-19-10(14)21-23-12/h15H,2-8H2,1H3,(H4,13,16,18,20,22)(H4,14,17,19,21,23). The van der Waals surface area contributed by atoms with E-state index in [1.165, 1.54) is 0 Å². The van der Waals surface area contributed by atoms with Gasteiger partial charge >= 0.3 is 0 Å². The van der Waals surface area contributed by atoms with E-state index < -0.39 is 0 Å². The Balaban J connectivity index is 1.70. The van der Waals surface area contributed by atoms with Crippen molar-refractivity contribution in [2.75, 3.05) is 67.9 Å². The molecule has 2 aromatic heterocycles. The summed E-state index contributed by atoms with van der Waals surface area (Å²) >= 11 is 0. The van der Waals surface area contributed by atoms with Gasteiger partial charge < -0.3 is 27.4 Å². The molecule has 2 heterocycles. The van der Waals surface area contributed by atoms with Gasteiger partial charge in [0.2, 0.25) is 23.8 Å². The van der Waals surface area contributed by atoms with Crippen molar-refractivity contribution < 1.29 is 0 Å². The van der Waals surface area contributed by atoms with Crippen LogP contribution < -0.4 is 27.4 Å². The van der Waals surface area contributed by atoms with E-state index in [9.17, 15) is 0 Å². The van der Waals surface area contributed by atoms with Crippen molar-refractivity contribution in [1.29, 1.82) is 0 Å². The Morgan fingerprint density at radius 3 is 1.79 bits per heavy atom. The first-order valence-corrected chi connectivity index (χ1v) is 7.94. The molecule has 9 N–H and O–H groups in total. The Hall–Kier alpha value is -2.60. The predicted molar refractivity (Wildman–Crippen MR) is 93.6 cm³/mol. The van der Waals surface area contributed by atoms with Crippen molar-refractivity contribution in [2.45, 2.75) is 6.92 Å². The Labute approximate surface area is 140 Å². The van der Waals surface area contributed by atoms with Gasteiger partial charge in [0.15, 0.2) is 0 Å². The van der Waals surface area contributed by atoms with E-state index in [4.69, 9.17) is 11.5 Å². The molecule has 0 saturated heterocycles. The van der Waals surface area contributed by atoms with Gasteiger partial charge in [-0.3, -0.25) is 4.90 Å². The molecule has 12 heteroatoms. The number of rotatable bonds is 12. The summed E-state index contributed by atoms with van der Waals surface area (Å²) in [5.41, 5.74) is 11.0. The van der Waals surface area contributed by atoms with Crippen LogP contribution in [0.1, 0.15) is 6.92 Å². The second kappa shape index (κ2) is 9.52. The summed E-state index contributed by atoms with van der Waals surface area (Å²) in [6.07, 6.45) is 0. The highest BCUT2D eigenvalue weighted by molar-refractivity contribution is 5.30. The number of nitrogen functional groups attached to an aromatic ring is 2. The van der Waals surface area contributed by atoms with Crippen LogP contribution in [0.2, 0.25) is 0 Å². The number of nitrogens with one attached hydrogen (secondary N) is 5. The number of anilines is 4. The number of H-pyrrole nitrogens is 2. The molecule has 0 aliphatic heterocycles. The van der Waals surface area contributed by atoms with E-state index in [1.807, 2.05) is 0 Å². The highest BCUT2D eigenvalue weighted by atomic mass is 15.3. The molecule has 0 aromatic carbocycles.